The molecule has 0 amide bonds. The van der Waals surface area contributed by atoms with Gasteiger partial charge in [0.2, 0.25) is 0 Å². The zero-order valence-electron chi connectivity index (χ0n) is 21.1. The van der Waals surface area contributed by atoms with Crippen molar-refractivity contribution in [3.8, 4) is 0 Å². The number of ether oxygens (including phenoxy) is 4. The van der Waals surface area contributed by atoms with E-state index in [4.69, 9.17) is 18.9 Å². The second-order valence-corrected chi connectivity index (χ2v) is 11.6. The van der Waals surface area contributed by atoms with Crippen molar-refractivity contribution in [3.05, 3.63) is 108 Å². The highest BCUT2D eigenvalue weighted by atomic mass is 32.2. The van der Waals surface area contributed by atoms with Crippen LogP contribution in [0.4, 0.5) is 0 Å². The Bertz CT molecular complexity index is 1140. The molecular formula is C30H33NO5S2. The van der Waals surface area contributed by atoms with Crippen molar-refractivity contribution in [2.45, 2.75) is 49.7 Å². The first-order chi connectivity index (χ1) is 18.8. The third kappa shape index (κ3) is 7.48. The van der Waals surface area contributed by atoms with Crippen LogP contribution in [0, 0.1) is 0 Å². The van der Waals surface area contributed by atoms with Crippen molar-refractivity contribution in [2.75, 3.05) is 18.9 Å². The van der Waals surface area contributed by atoms with Gasteiger partial charge in [-0.15, -0.1) is 0 Å². The fraction of sp³-hybridized carbons (Fsp3) is 0.367. The summed E-state index contributed by atoms with van der Waals surface area (Å²) in [5.41, 5.74) is 2.76. The van der Waals surface area contributed by atoms with Crippen LogP contribution in [-0.4, -0.2) is 58.2 Å². The van der Waals surface area contributed by atoms with Gasteiger partial charge in [0, 0.05) is 5.75 Å². The lowest BCUT2D eigenvalue weighted by Crippen LogP contribution is -2.60. The van der Waals surface area contributed by atoms with Crippen LogP contribution in [0.1, 0.15) is 16.7 Å². The monoisotopic (exact) mass is 551 g/mol. The number of aliphatic imine (C=N–C) groups is 1. The van der Waals surface area contributed by atoms with E-state index in [9.17, 15) is 5.11 Å². The van der Waals surface area contributed by atoms with Gasteiger partial charge in [0.05, 0.1) is 33.0 Å². The highest BCUT2D eigenvalue weighted by Gasteiger charge is 2.49. The lowest BCUT2D eigenvalue weighted by molar-refractivity contribution is -0.251. The van der Waals surface area contributed by atoms with Gasteiger partial charge in [-0.05, 0) is 16.7 Å². The predicted octanol–water partition coefficient (Wildman–Crippen LogP) is 5.30. The maximum absolute atomic E-state index is 10.4. The zero-order chi connectivity index (χ0) is 26.0. The van der Waals surface area contributed by atoms with Crippen molar-refractivity contribution >= 4 is 27.9 Å². The molecule has 0 bridgehead atoms. The number of nitrogens with zero attached hydrogens (tertiary/aromatic N) is 1. The van der Waals surface area contributed by atoms with Gasteiger partial charge in [0.1, 0.15) is 34.2 Å². The van der Waals surface area contributed by atoms with E-state index in [1.54, 1.807) is 23.5 Å². The third-order valence-corrected chi connectivity index (χ3v) is 8.75. The van der Waals surface area contributed by atoms with Crippen LogP contribution in [0.2, 0.25) is 0 Å². The molecule has 1 saturated heterocycles. The van der Waals surface area contributed by atoms with E-state index < -0.39 is 29.9 Å². The second-order valence-electron chi connectivity index (χ2n) is 9.12. The van der Waals surface area contributed by atoms with E-state index in [-0.39, 0.29) is 6.61 Å². The van der Waals surface area contributed by atoms with Crippen LogP contribution in [-0.2, 0) is 38.8 Å². The average Bonchev–Trinajstić information content (AvgIpc) is 3.49. The number of aliphatic hydroxyl groups is 1. The van der Waals surface area contributed by atoms with Gasteiger partial charge >= 0.3 is 0 Å². The number of hydrogen-bond acceptors (Lipinski definition) is 8. The topological polar surface area (TPSA) is 69.5 Å². The van der Waals surface area contributed by atoms with Crippen LogP contribution in [0.15, 0.2) is 96.0 Å². The van der Waals surface area contributed by atoms with Crippen molar-refractivity contribution in [1.82, 2.24) is 0 Å². The molecule has 2 aliphatic rings. The molecule has 5 unspecified atom stereocenters. The van der Waals surface area contributed by atoms with Crippen LogP contribution in [0.5, 0.6) is 0 Å². The average molecular weight is 552 g/mol. The number of aliphatic hydroxyl groups excluding tert-OH is 1. The summed E-state index contributed by atoms with van der Waals surface area (Å²) in [7, 11) is 0. The Labute approximate surface area is 232 Å². The molecule has 38 heavy (non-hydrogen) atoms. The summed E-state index contributed by atoms with van der Waals surface area (Å²) in [6.45, 7) is 1.80. The molecular weight excluding hydrogens is 518 g/mol. The summed E-state index contributed by atoms with van der Waals surface area (Å²) >= 11 is 3.28. The lowest BCUT2D eigenvalue weighted by atomic mass is 9.99. The van der Waals surface area contributed by atoms with E-state index in [1.807, 2.05) is 91.0 Å². The van der Waals surface area contributed by atoms with Crippen molar-refractivity contribution in [2.24, 2.45) is 4.99 Å². The first-order valence-corrected chi connectivity index (χ1v) is 14.7. The van der Waals surface area contributed by atoms with E-state index in [1.165, 1.54) is 0 Å². The molecule has 3 aromatic carbocycles. The molecule has 1 N–H and O–H groups in total. The summed E-state index contributed by atoms with van der Waals surface area (Å²) in [6, 6.07) is 30.2. The smallest absolute Gasteiger partial charge is 0.139 e. The summed E-state index contributed by atoms with van der Waals surface area (Å²) in [4.78, 5) is 4.62. The van der Waals surface area contributed by atoms with Gasteiger partial charge < -0.3 is 24.1 Å². The molecule has 0 saturated carbocycles. The molecule has 1 fully saturated rings. The Kier molecular flexibility index (Phi) is 10.3. The van der Waals surface area contributed by atoms with Crippen LogP contribution >= 0.6 is 23.5 Å². The molecule has 6 nitrogen and oxygen atoms in total. The largest absolute Gasteiger partial charge is 0.394 e. The Morgan fingerprint density at radius 2 is 1.24 bits per heavy atom. The van der Waals surface area contributed by atoms with Crippen molar-refractivity contribution in [3.63, 3.8) is 0 Å². The molecule has 8 heteroatoms. The van der Waals surface area contributed by atoms with E-state index in [0.29, 0.717) is 19.8 Å². The lowest BCUT2D eigenvalue weighted by Gasteiger charge is -2.45. The Morgan fingerprint density at radius 1 is 0.737 bits per heavy atom. The fourth-order valence-electron chi connectivity index (χ4n) is 4.47. The molecule has 200 valence electrons. The third-order valence-electron chi connectivity index (χ3n) is 6.40. The van der Waals surface area contributed by atoms with Crippen LogP contribution < -0.4 is 0 Å². The quantitative estimate of drug-likeness (QED) is 0.347. The maximum Gasteiger partial charge on any atom is 0.139 e. The molecule has 3 aromatic rings. The molecule has 0 aliphatic carbocycles. The Balaban J connectivity index is 1.42. The minimum atomic E-state index is -0.569. The van der Waals surface area contributed by atoms with Gasteiger partial charge in [0.15, 0.2) is 0 Å². The number of benzene rings is 3. The minimum absolute atomic E-state index is 0.188. The molecule has 0 aromatic heterocycles. The molecule has 0 spiro atoms. The molecule has 5 rings (SSSR count). The van der Waals surface area contributed by atoms with E-state index in [0.717, 1.165) is 33.4 Å². The minimum Gasteiger partial charge on any atom is -0.394 e. The highest BCUT2D eigenvalue weighted by Crippen LogP contribution is 2.38. The number of rotatable bonds is 11. The Morgan fingerprint density at radius 3 is 1.71 bits per heavy atom. The van der Waals surface area contributed by atoms with Crippen molar-refractivity contribution < 1.29 is 24.1 Å². The number of thioether (sulfide) groups is 2. The van der Waals surface area contributed by atoms with E-state index >= 15 is 0 Å². The summed E-state index contributed by atoms with van der Waals surface area (Å²) < 4.78 is 27.1. The SMILES string of the molecule is OCC1OC(SC2=NCCS2)C(OCc2ccccc2)C(OCc2ccccc2)C1OCc1ccccc1. The van der Waals surface area contributed by atoms with Crippen LogP contribution in [0.25, 0.3) is 0 Å². The van der Waals surface area contributed by atoms with Gasteiger partial charge in [-0.3, -0.25) is 4.99 Å². The van der Waals surface area contributed by atoms with Crippen LogP contribution in [0.3, 0.4) is 0 Å². The summed E-state index contributed by atoms with van der Waals surface area (Å²) in [5, 5.41) is 10.4. The Hall–Kier alpha value is -2.17. The second kappa shape index (κ2) is 14.3. The summed E-state index contributed by atoms with van der Waals surface area (Å²) in [6.07, 6.45) is -2.02. The highest BCUT2D eigenvalue weighted by molar-refractivity contribution is 8.39. The van der Waals surface area contributed by atoms with Gasteiger partial charge in [-0.1, -0.05) is 115 Å². The van der Waals surface area contributed by atoms with E-state index in [2.05, 4.69) is 4.99 Å². The van der Waals surface area contributed by atoms with Gasteiger partial charge in [-0.25, -0.2) is 0 Å². The molecule has 5 atom stereocenters. The first kappa shape index (κ1) is 27.4. The maximum atomic E-state index is 10.4. The van der Waals surface area contributed by atoms with Gasteiger partial charge in [-0.2, -0.15) is 0 Å². The number of hydrogen-bond donors (Lipinski definition) is 1. The van der Waals surface area contributed by atoms with Crippen molar-refractivity contribution in [1.29, 1.82) is 0 Å². The van der Waals surface area contributed by atoms with Gasteiger partial charge in [0.25, 0.3) is 0 Å². The first-order valence-electron chi connectivity index (χ1n) is 12.9. The molecule has 0 radical (unpaired) electrons. The summed E-state index contributed by atoms with van der Waals surface area (Å²) in [5.74, 6) is 0.963. The normalized spacial score (nSPS) is 25.3. The zero-order valence-corrected chi connectivity index (χ0v) is 22.8. The fourth-order valence-corrected chi connectivity index (χ4v) is 6.75. The predicted molar refractivity (Wildman–Crippen MR) is 153 cm³/mol. The standard InChI is InChI=1S/C30H33NO5S2/c32-18-25-26(33-19-22-10-4-1-5-11-22)27(34-20-23-12-6-2-7-13-23)28(35-21-24-14-8-3-9-15-24)29(36-25)38-30-31-16-17-37-30/h1-15,25-29,32H,16-21H2. The molecule has 2 heterocycles. The molecule has 2 aliphatic heterocycles.